The van der Waals surface area contributed by atoms with E-state index >= 15 is 0 Å². The lowest BCUT2D eigenvalue weighted by Crippen LogP contribution is -2.20. The van der Waals surface area contributed by atoms with E-state index in [2.05, 4.69) is 14.8 Å². The molecular formula is C4H6NO3. The van der Waals surface area contributed by atoms with Crippen molar-refractivity contribution in [3.63, 3.8) is 0 Å². The van der Waals surface area contributed by atoms with E-state index in [9.17, 15) is 4.79 Å². The van der Waals surface area contributed by atoms with Crippen molar-refractivity contribution in [3.05, 3.63) is 0 Å². The summed E-state index contributed by atoms with van der Waals surface area (Å²) in [6, 6.07) is 0. The smallest absolute Gasteiger partial charge is 0.431 e. The maximum atomic E-state index is 10.1. The van der Waals surface area contributed by atoms with Crippen molar-refractivity contribution in [3.8, 4) is 0 Å². The summed E-state index contributed by atoms with van der Waals surface area (Å²) in [6.07, 6.45) is -0.903. The number of hydrogen-bond donors (Lipinski definition) is 0. The first-order valence-corrected chi connectivity index (χ1v) is 2.23. The summed E-state index contributed by atoms with van der Waals surface area (Å²) in [5, 5.41) is 3.42. The highest BCUT2D eigenvalue weighted by molar-refractivity contribution is 5.68. The Kier molecular flexibility index (Phi) is 1.34. The zero-order chi connectivity index (χ0) is 5.98. The van der Waals surface area contributed by atoms with Crippen LogP contribution in [0.4, 0.5) is 4.79 Å². The predicted molar refractivity (Wildman–Crippen MR) is 24.3 cm³/mol. The van der Waals surface area contributed by atoms with Crippen LogP contribution in [0.2, 0.25) is 0 Å². The number of amides is 1. The summed E-state index contributed by atoms with van der Waals surface area (Å²) in [5.41, 5.74) is 0. The van der Waals surface area contributed by atoms with Gasteiger partial charge in [-0.3, -0.25) is 0 Å². The molecule has 45 valence electrons. The van der Waals surface area contributed by atoms with Crippen LogP contribution in [-0.2, 0) is 9.47 Å². The lowest BCUT2D eigenvalue weighted by Gasteiger charge is -1.97. The zero-order valence-corrected chi connectivity index (χ0v) is 4.46. The molecule has 0 spiro atoms. The second-order valence-corrected chi connectivity index (χ2v) is 1.40. The van der Waals surface area contributed by atoms with Crippen LogP contribution in [0.15, 0.2) is 0 Å². The lowest BCUT2D eigenvalue weighted by molar-refractivity contribution is 0.0755. The van der Waals surface area contributed by atoms with Gasteiger partial charge in [-0.25, -0.2) is 4.79 Å². The highest BCUT2D eigenvalue weighted by Crippen LogP contribution is 1.98. The summed E-state index contributed by atoms with van der Waals surface area (Å²) >= 11 is 0. The van der Waals surface area contributed by atoms with Gasteiger partial charge in [0.2, 0.25) is 0 Å². The van der Waals surface area contributed by atoms with Crippen molar-refractivity contribution in [2.75, 3.05) is 13.7 Å². The van der Waals surface area contributed by atoms with Gasteiger partial charge in [-0.2, -0.15) is 5.32 Å². The predicted octanol–water partition coefficient (Wildman–Crippen LogP) is -0.287. The van der Waals surface area contributed by atoms with Crippen molar-refractivity contribution >= 4 is 6.09 Å². The minimum Gasteiger partial charge on any atom is -0.443 e. The molecule has 1 aliphatic rings. The molecule has 1 atom stereocenters. The van der Waals surface area contributed by atoms with E-state index in [1.54, 1.807) is 0 Å². The maximum absolute atomic E-state index is 10.1. The molecule has 0 aromatic rings. The van der Waals surface area contributed by atoms with E-state index < -0.39 is 6.09 Å². The molecule has 0 bridgehead atoms. The van der Waals surface area contributed by atoms with E-state index in [1.807, 2.05) is 0 Å². The van der Waals surface area contributed by atoms with Gasteiger partial charge in [-0.15, -0.1) is 0 Å². The van der Waals surface area contributed by atoms with E-state index in [-0.39, 0.29) is 12.8 Å². The SMILES string of the molecule is COC1COC(=O)[N]1. The van der Waals surface area contributed by atoms with Gasteiger partial charge >= 0.3 is 6.09 Å². The Bertz CT molecular complexity index is 103. The van der Waals surface area contributed by atoms with Crippen LogP contribution in [0, 0.1) is 0 Å². The number of carbonyl (C=O) groups excluding carboxylic acids is 1. The monoisotopic (exact) mass is 116 g/mol. The molecule has 1 heterocycles. The zero-order valence-electron chi connectivity index (χ0n) is 4.46. The molecule has 1 aliphatic heterocycles. The van der Waals surface area contributed by atoms with Gasteiger partial charge in [0.1, 0.15) is 6.61 Å². The Morgan fingerprint density at radius 3 is 3.00 bits per heavy atom. The first-order valence-electron chi connectivity index (χ1n) is 2.23. The highest BCUT2D eigenvalue weighted by Gasteiger charge is 2.23. The highest BCUT2D eigenvalue weighted by atomic mass is 16.6. The summed E-state index contributed by atoms with van der Waals surface area (Å²) in [7, 11) is 1.48. The Labute approximate surface area is 46.8 Å². The van der Waals surface area contributed by atoms with Crippen LogP contribution in [0.25, 0.3) is 0 Å². The fraction of sp³-hybridized carbons (Fsp3) is 0.750. The third-order valence-electron chi connectivity index (χ3n) is 0.871. The van der Waals surface area contributed by atoms with Crippen molar-refractivity contribution < 1.29 is 14.3 Å². The molecule has 4 nitrogen and oxygen atoms in total. The molecule has 1 fully saturated rings. The van der Waals surface area contributed by atoms with Crippen LogP contribution in [0.5, 0.6) is 0 Å². The van der Waals surface area contributed by atoms with Crippen molar-refractivity contribution in [1.82, 2.24) is 5.32 Å². The van der Waals surface area contributed by atoms with Gasteiger partial charge in [0, 0.05) is 7.11 Å². The normalized spacial score (nSPS) is 27.1. The molecule has 1 saturated heterocycles. The van der Waals surface area contributed by atoms with Gasteiger partial charge in [0.25, 0.3) is 0 Å². The molecule has 1 rings (SSSR count). The molecule has 0 N–H and O–H groups in total. The minimum atomic E-state index is -0.531. The molecule has 4 heteroatoms. The van der Waals surface area contributed by atoms with Crippen LogP contribution in [-0.4, -0.2) is 26.0 Å². The average molecular weight is 116 g/mol. The Hall–Kier alpha value is -0.770. The topological polar surface area (TPSA) is 49.6 Å². The maximum Gasteiger partial charge on any atom is 0.431 e. The third kappa shape index (κ3) is 0.894. The van der Waals surface area contributed by atoms with E-state index in [1.165, 1.54) is 7.11 Å². The van der Waals surface area contributed by atoms with Gasteiger partial charge in [-0.05, 0) is 0 Å². The standard InChI is InChI=1S/C4H6NO3/c1-7-3-2-8-4(6)5-3/h3H,2H2,1H3. The second-order valence-electron chi connectivity index (χ2n) is 1.40. The summed E-state index contributed by atoms with van der Waals surface area (Å²) in [5.74, 6) is 0. The molecule has 1 unspecified atom stereocenters. The van der Waals surface area contributed by atoms with Crippen LogP contribution in [0.1, 0.15) is 0 Å². The number of methoxy groups -OCH3 is 1. The van der Waals surface area contributed by atoms with Gasteiger partial charge in [0.05, 0.1) is 0 Å². The first-order chi connectivity index (χ1) is 3.83. The van der Waals surface area contributed by atoms with E-state index in [0.29, 0.717) is 0 Å². The Balaban J connectivity index is 2.32. The fourth-order valence-electron chi connectivity index (χ4n) is 0.455. The van der Waals surface area contributed by atoms with Crippen LogP contribution in [0.3, 0.4) is 0 Å². The van der Waals surface area contributed by atoms with E-state index in [4.69, 9.17) is 0 Å². The summed E-state index contributed by atoms with van der Waals surface area (Å²) in [6.45, 7) is 0.259. The molecule has 1 amide bonds. The summed E-state index contributed by atoms with van der Waals surface area (Å²) in [4.78, 5) is 10.1. The molecule has 0 aromatic heterocycles. The minimum absolute atomic E-state index is 0.259. The van der Waals surface area contributed by atoms with E-state index in [0.717, 1.165) is 0 Å². The van der Waals surface area contributed by atoms with Crippen molar-refractivity contribution in [2.24, 2.45) is 0 Å². The molecule has 0 saturated carbocycles. The summed E-state index contributed by atoms with van der Waals surface area (Å²) < 4.78 is 9.09. The molecule has 0 aromatic carbocycles. The number of cyclic esters (lactones) is 1. The largest absolute Gasteiger partial charge is 0.443 e. The average Bonchev–Trinajstić information content (AvgIpc) is 2.14. The fourth-order valence-corrected chi connectivity index (χ4v) is 0.455. The van der Waals surface area contributed by atoms with Crippen LogP contribution < -0.4 is 5.32 Å². The van der Waals surface area contributed by atoms with Gasteiger partial charge in [-0.1, -0.05) is 0 Å². The molecule has 0 aliphatic carbocycles. The molecular weight excluding hydrogens is 110 g/mol. The van der Waals surface area contributed by atoms with Gasteiger partial charge in [0.15, 0.2) is 6.23 Å². The number of hydrogen-bond acceptors (Lipinski definition) is 3. The van der Waals surface area contributed by atoms with Gasteiger partial charge < -0.3 is 9.47 Å². The Morgan fingerprint density at radius 2 is 2.75 bits per heavy atom. The van der Waals surface area contributed by atoms with Crippen LogP contribution >= 0.6 is 0 Å². The number of nitrogens with zero attached hydrogens (tertiary/aromatic N) is 1. The quantitative estimate of drug-likeness (QED) is 0.473. The first kappa shape index (κ1) is 5.37. The van der Waals surface area contributed by atoms with Crippen molar-refractivity contribution in [1.29, 1.82) is 0 Å². The number of rotatable bonds is 1. The molecule has 1 radical (unpaired) electrons. The third-order valence-corrected chi connectivity index (χ3v) is 0.871. The number of carbonyl (C=O) groups is 1. The lowest BCUT2D eigenvalue weighted by atomic mass is 10.6. The Morgan fingerprint density at radius 1 is 2.00 bits per heavy atom. The number of ether oxygens (including phenoxy) is 2. The second kappa shape index (κ2) is 2.00. The van der Waals surface area contributed by atoms with Crippen molar-refractivity contribution in [2.45, 2.75) is 6.23 Å². The molecule has 8 heavy (non-hydrogen) atoms.